The second kappa shape index (κ2) is 7.58. The van der Waals surface area contributed by atoms with Crippen LogP contribution >= 0.6 is 11.8 Å². The Hall–Kier alpha value is -1.20. The number of anilines is 1. The summed E-state index contributed by atoms with van der Waals surface area (Å²) < 4.78 is 0. The lowest BCUT2D eigenvalue weighted by atomic mass is 9.74. The van der Waals surface area contributed by atoms with Gasteiger partial charge in [-0.15, -0.1) is 11.8 Å². The summed E-state index contributed by atoms with van der Waals surface area (Å²) in [5.74, 6) is 1.72. The highest BCUT2D eigenvalue weighted by Gasteiger charge is 2.38. The van der Waals surface area contributed by atoms with Crippen LogP contribution in [0.1, 0.15) is 26.2 Å². The van der Waals surface area contributed by atoms with Crippen molar-refractivity contribution in [3.8, 4) is 0 Å². The number of urea groups is 1. The summed E-state index contributed by atoms with van der Waals surface area (Å²) in [6, 6.07) is 8.36. The van der Waals surface area contributed by atoms with E-state index in [9.17, 15) is 4.79 Å². The zero-order valence-electron chi connectivity index (χ0n) is 14.0. The first-order valence-corrected chi connectivity index (χ1v) is 9.85. The summed E-state index contributed by atoms with van der Waals surface area (Å²) in [4.78, 5) is 15.9. The van der Waals surface area contributed by atoms with Gasteiger partial charge in [-0.1, -0.05) is 19.4 Å². The number of rotatable bonds is 5. The maximum absolute atomic E-state index is 12.1. The van der Waals surface area contributed by atoms with Crippen molar-refractivity contribution in [3.63, 3.8) is 0 Å². The molecule has 1 aromatic carbocycles. The van der Waals surface area contributed by atoms with E-state index in [1.807, 2.05) is 30.5 Å². The minimum Gasteiger partial charge on any atom is -0.336 e. The lowest BCUT2D eigenvalue weighted by molar-refractivity contribution is 0.00159. The van der Waals surface area contributed by atoms with Gasteiger partial charge in [0.1, 0.15) is 0 Å². The van der Waals surface area contributed by atoms with Gasteiger partial charge < -0.3 is 10.6 Å². The van der Waals surface area contributed by atoms with Gasteiger partial charge in [0.25, 0.3) is 0 Å². The SMILES string of the molecule is CCC1CN2CCC1CC2CNC(=O)Nc1cccc(SC)c1. The zero-order valence-corrected chi connectivity index (χ0v) is 14.9. The summed E-state index contributed by atoms with van der Waals surface area (Å²) in [5, 5.41) is 6.00. The van der Waals surface area contributed by atoms with Crippen LogP contribution < -0.4 is 10.6 Å². The van der Waals surface area contributed by atoms with Crippen LogP contribution in [0.4, 0.5) is 10.5 Å². The van der Waals surface area contributed by atoms with Crippen LogP contribution in [0.15, 0.2) is 29.2 Å². The molecule has 0 spiro atoms. The third-order valence-electron chi connectivity index (χ3n) is 5.36. The average molecular weight is 334 g/mol. The van der Waals surface area contributed by atoms with E-state index >= 15 is 0 Å². The minimum atomic E-state index is -0.0991. The molecule has 3 saturated heterocycles. The number of benzene rings is 1. The number of piperidine rings is 3. The van der Waals surface area contributed by atoms with E-state index < -0.39 is 0 Å². The van der Waals surface area contributed by atoms with Gasteiger partial charge in [0, 0.05) is 29.7 Å². The van der Waals surface area contributed by atoms with Crippen molar-refractivity contribution in [3.05, 3.63) is 24.3 Å². The molecule has 4 atom stereocenters. The van der Waals surface area contributed by atoms with Gasteiger partial charge in [0.15, 0.2) is 0 Å². The molecule has 2 N–H and O–H groups in total. The van der Waals surface area contributed by atoms with E-state index in [-0.39, 0.29) is 6.03 Å². The molecule has 0 saturated carbocycles. The number of thioether (sulfide) groups is 1. The number of nitrogens with one attached hydrogen (secondary N) is 2. The van der Waals surface area contributed by atoms with Gasteiger partial charge in [0.2, 0.25) is 0 Å². The third-order valence-corrected chi connectivity index (χ3v) is 6.09. The first-order valence-electron chi connectivity index (χ1n) is 8.62. The normalized spacial score (nSPS) is 29.3. The Kier molecular flexibility index (Phi) is 5.49. The largest absolute Gasteiger partial charge is 0.336 e. The molecule has 3 aliphatic heterocycles. The molecule has 5 heteroatoms. The second-order valence-corrected chi connectivity index (χ2v) is 7.55. The van der Waals surface area contributed by atoms with Gasteiger partial charge >= 0.3 is 6.03 Å². The van der Waals surface area contributed by atoms with Crippen molar-refractivity contribution in [1.82, 2.24) is 10.2 Å². The highest BCUT2D eigenvalue weighted by Crippen LogP contribution is 2.37. The fraction of sp³-hybridized carbons (Fsp3) is 0.611. The molecule has 23 heavy (non-hydrogen) atoms. The highest BCUT2D eigenvalue weighted by atomic mass is 32.2. The molecule has 3 heterocycles. The summed E-state index contributed by atoms with van der Waals surface area (Å²) in [5.41, 5.74) is 0.853. The lowest BCUT2D eigenvalue weighted by Gasteiger charge is -2.49. The molecule has 126 valence electrons. The smallest absolute Gasteiger partial charge is 0.319 e. The van der Waals surface area contributed by atoms with E-state index in [1.165, 1.54) is 32.4 Å². The monoisotopic (exact) mass is 333 g/mol. The molecular formula is C18H27N3OS. The Morgan fingerprint density at radius 3 is 3.00 bits per heavy atom. The molecule has 2 amide bonds. The molecule has 3 aliphatic rings. The number of hydrogen-bond donors (Lipinski definition) is 2. The number of fused-ring (bicyclic) bond motifs is 3. The van der Waals surface area contributed by atoms with E-state index in [4.69, 9.17) is 0 Å². The Bertz CT molecular complexity index is 551. The number of hydrogen-bond acceptors (Lipinski definition) is 3. The molecule has 0 radical (unpaired) electrons. The standard InChI is InChI=1S/C18H27N3OS/c1-3-13-12-21-8-7-14(13)9-16(21)11-19-18(22)20-15-5-4-6-17(10-15)23-2/h4-6,10,13-14,16H,3,7-9,11-12H2,1-2H3,(H2,19,20,22). The van der Waals surface area contributed by atoms with E-state index in [0.717, 1.165) is 29.0 Å². The number of carbonyl (C=O) groups excluding carboxylic acids is 1. The van der Waals surface area contributed by atoms with Crippen LogP contribution in [0.25, 0.3) is 0 Å². The highest BCUT2D eigenvalue weighted by molar-refractivity contribution is 7.98. The van der Waals surface area contributed by atoms with Crippen molar-refractivity contribution in [2.24, 2.45) is 11.8 Å². The van der Waals surface area contributed by atoms with Crippen LogP contribution in [-0.2, 0) is 0 Å². The summed E-state index contributed by atoms with van der Waals surface area (Å²) in [7, 11) is 0. The second-order valence-electron chi connectivity index (χ2n) is 6.67. The number of amides is 2. The van der Waals surface area contributed by atoms with Crippen LogP contribution in [0.2, 0.25) is 0 Å². The van der Waals surface area contributed by atoms with Crippen LogP contribution in [-0.4, -0.2) is 42.9 Å². The van der Waals surface area contributed by atoms with Gasteiger partial charge in [-0.25, -0.2) is 4.79 Å². The fourth-order valence-corrected chi connectivity index (χ4v) is 4.47. The summed E-state index contributed by atoms with van der Waals surface area (Å²) in [6.07, 6.45) is 5.90. The molecule has 3 fully saturated rings. The van der Waals surface area contributed by atoms with Crippen molar-refractivity contribution in [2.75, 3.05) is 31.2 Å². The first-order chi connectivity index (χ1) is 11.2. The van der Waals surface area contributed by atoms with Crippen molar-refractivity contribution < 1.29 is 4.79 Å². The van der Waals surface area contributed by atoms with Gasteiger partial charge in [-0.3, -0.25) is 4.90 Å². The van der Waals surface area contributed by atoms with Crippen molar-refractivity contribution in [1.29, 1.82) is 0 Å². The van der Waals surface area contributed by atoms with Crippen LogP contribution in [0, 0.1) is 11.8 Å². The Morgan fingerprint density at radius 2 is 2.30 bits per heavy atom. The summed E-state index contributed by atoms with van der Waals surface area (Å²) in [6.45, 7) is 5.46. The topological polar surface area (TPSA) is 44.4 Å². The fourth-order valence-electron chi connectivity index (χ4n) is 4.01. The minimum absolute atomic E-state index is 0.0991. The molecule has 1 aromatic rings. The van der Waals surface area contributed by atoms with Gasteiger partial charge in [-0.05, 0) is 55.7 Å². The molecule has 0 aliphatic carbocycles. The summed E-state index contributed by atoms with van der Waals surface area (Å²) >= 11 is 1.68. The van der Waals surface area contributed by atoms with Gasteiger partial charge in [-0.2, -0.15) is 0 Å². The Balaban J connectivity index is 1.48. The van der Waals surface area contributed by atoms with E-state index in [1.54, 1.807) is 11.8 Å². The maximum Gasteiger partial charge on any atom is 0.319 e. The van der Waals surface area contributed by atoms with E-state index in [2.05, 4.69) is 22.5 Å². The molecule has 2 bridgehead atoms. The Morgan fingerprint density at radius 1 is 1.43 bits per heavy atom. The van der Waals surface area contributed by atoms with Gasteiger partial charge in [0.05, 0.1) is 0 Å². The van der Waals surface area contributed by atoms with Crippen LogP contribution in [0.3, 0.4) is 0 Å². The maximum atomic E-state index is 12.1. The van der Waals surface area contributed by atoms with Crippen molar-refractivity contribution in [2.45, 2.75) is 37.1 Å². The molecule has 4 unspecified atom stereocenters. The molecule has 4 rings (SSSR count). The predicted molar refractivity (Wildman–Crippen MR) is 97.1 cm³/mol. The predicted octanol–water partition coefficient (Wildman–Crippen LogP) is 3.65. The number of carbonyl (C=O) groups is 1. The quantitative estimate of drug-likeness (QED) is 0.809. The zero-order chi connectivity index (χ0) is 16.2. The third kappa shape index (κ3) is 4.01. The number of nitrogens with zero attached hydrogens (tertiary/aromatic N) is 1. The van der Waals surface area contributed by atoms with Crippen molar-refractivity contribution >= 4 is 23.5 Å². The lowest BCUT2D eigenvalue weighted by Crippen LogP contribution is -2.56. The molecule has 4 nitrogen and oxygen atoms in total. The first kappa shape index (κ1) is 16.7. The van der Waals surface area contributed by atoms with E-state index in [0.29, 0.717) is 6.04 Å². The Labute approximate surface area is 143 Å². The molecule has 0 aromatic heterocycles. The van der Waals surface area contributed by atoms with Crippen LogP contribution in [0.5, 0.6) is 0 Å². The molecular weight excluding hydrogens is 306 g/mol. The average Bonchev–Trinajstić information content (AvgIpc) is 2.60.